The standard InChI is InChI=1S/C16H25O3P/c1-11-7-8-15(14(9-11)16(4,5)6)19-20-17-12(2)10-13(3)18-20/h7-9,12-13H,10H2,1-6H3. The van der Waals surface area contributed by atoms with Gasteiger partial charge in [0, 0.05) is 12.0 Å². The molecule has 0 radical (unpaired) electrons. The van der Waals surface area contributed by atoms with E-state index >= 15 is 0 Å². The molecule has 1 aliphatic rings. The molecule has 0 bridgehead atoms. The smallest absolute Gasteiger partial charge is 0.397 e. The molecule has 0 N–H and O–H groups in total. The maximum atomic E-state index is 6.03. The van der Waals surface area contributed by atoms with E-state index in [1.165, 1.54) is 11.1 Å². The fraction of sp³-hybridized carbons (Fsp3) is 0.625. The Hall–Kier alpha value is -0.630. The summed E-state index contributed by atoms with van der Waals surface area (Å²) in [4.78, 5) is 0. The second-order valence-electron chi connectivity index (χ2n) is 6.63. The Labute approximate surface area is 123 Å². The van der Waals surface area contributed by atoms with E-state index in [-0.39, 0.29) is 17.6 Å². The van der Waals surface area contributed by atoms with Crippen molar-refractivity contribution in [1.29, 1.82) is 0 Å². The Morgan fingerprint density at radius 2 is 1.75 bits per heavy atom. The molecule has 1 heterocycles. The zero-order valence-electron chi connectivity index (χ0n) is 13.3. The number of rotatable bonds is 2. The van der Waals surface area contributed by atoms with E-state index in [2.05, 4.69) is 53.7 Å². The second-order valence-corrected chi connectivity index (χ2v) is 7.68. The lowest BCUT2D eigenvalue weighted by atomic mass is 9.85. The first-order valence-electron chi connectivity index (χ1n) is 7.18. The molecule has 1 aliphatic heterocycles. The van der Waals surface area contributed by atoms with Crippen LogP contribution in [-0.2, 0) is 14.5 Å². The van der Waals surface area contributed by atoms with E-state index in [0.717, 1.165) is 12.2 Å². The Morgan fingerprint density at radius 1 is 1.15 bits per heavy atom. The Morgan fingerprint density at radius 3 is 2.30 bits per heavy atom. The fourth-order valence-electron chi connectivity index (χ4n) is 2.31. The SMILES string of the molecule is Cc1ccc(OP2OC(C)CC(C)O2)c(C(C)(C)C)c1. The Bertz CT molecular complexity index is 457. The van der Waals surface area contributed by atoms with Crippen molar-refractivity contribution in [2.45, 2.75) is 65.6 Å². The monoisotopic (exact) mass is 296 g/mol. The molecule has 1 fully saturated rings. The van der Waals surface area contributed by atoms with E-state index in [1.807, 2.05) is 6.07 Å². The van der Waals surface area contributed by atoms with Gasteiger partial charge in [0.1, 0.15) is 5.75 Å². The average molecular weight is 296 g/mol. The highest BCUT2D eigenvalue weighted by Crippen LogP contribution is 2.49. The highest BCUT2D eigenvalue weighted by atomic mass is 31.2. The van der Waals surface area contributed by atoms with Crippen LogP contribution in [0.2, 0.25) is 0 Å². The maximum absolute atomic E-state index is 6.03. The van der Waals surface area contributed by atoms with Crippen LogP contribution in [0, 0.1) is 6.92 Å². The predicted molar refractivity (Wildman–Crippen MR) is 83.1 cm³/mol. The van der Waals surface area contributed by atoms with Crippen molar-refractivity contribution in [2.24, 2.45) is 0 Å². The van der Waals surface area contributed by atoms with Gasteiger partial charge in [0.25, 0.3) is 0 Å². The summed E-state index contributed by atoms with van der Waals surface area (Å²) in [5.41, 5.74) is 2.46. The van der Waals surface area contributed by atoms with Gasteiger partial charge in [-0.2, -0.15) is 0 Å². The molecule has 0 aromatic heterocycles. The normalized spacial score (nSPS) is 27.4. The van der Waals surface area contributed by atoms with E-state index in [1.54, 1.807) is 0 Å². The van der Waals surface area contributed by atoms with Crippen LogP contribution in [0.5, 0.6) is 5.75 Å². The van der Waals surface area contributed by atoms with E-state index in [9.17, 15) is 0 Å². The minimum absolute atomic E-state index is 0.0315. The largest absolute Gasteiger partial charge is 0.426 e. The lowest BCUT2D eigenvalue weighted by molar-refractivity contribution is 0.0496. The minimum atomic E-state index is -1.30. The summed E-state index contributed by atoms with van der Waals surface area (Å²) >= 11 is 0. The number of aryl methyl sites for hydroxylation is 1. The molecule has 0 amide bonds. The van der Waals surface area contributed by atoms with Crippen molar-refractivity contribution in [2.75, 3.05) is 0 Å². The van der Waals surface area contributed by atoms with Crippen LogP contribution < -0.4 is 4.52 Å². The summed E-state index contributed by atoms with van der Waals surface area (Å²) in [6.45, 7) is 12.8. The van der Waals surface area contributed by atoms with Crippen LogP contribution in [0.15, 0.2) is 18.2 Å². The quantitative estimate of drug-likeness (QED) is 0.710. The molecule has 1 saturated heterocycles. The summed E-state index contributed by atoms with van der Waals surface area (Å²) in [7, 11) is -1.30. The first kappa shape index (κ1) is 15.8. The van der Waals surface area contributed by atoms with Crippen molar-refractivity contribution >= 4 is 8.60 Å². The van der Waals surface area contributed by atoms with Gasteiger partial charge < -0.3 is 4.52 Å². The summed E-state index contributed by atoms with van der Waals surface area (Å²) in [5, 5.41) is 0. The van der Waals surface area contributed by atoms with Gasteiger partial charge in [-0.25, -0.2) is 0 Å². The van der Waals surface area contributed by atoms with Gasteiger partial charge >= 0.3 is 8.60 Å². The molecule has 3 nitrogen and oxygen atoms in total. The van der Waals surface area contributed by atoms with Crippen LogP contribution in [-0.4, -0.2) is 12.2 Å². The molecule has 1 aromatic carbocycles. The van der Waals surface area contributed by atoms with Crippen LogP contribution in [0.1, 0.15) is 52.2 Å². The second kappa shape index (κ2) is 6.01. The van der Waals surface area contributed by atoms with Gasteiger partial charge in [-0.05, 0) is 32.3 Å². The third-order valence-electron chi connectivity index (χ3n) is 3.31. The fourth-order valence-corrected chi connectivity index (χ4v) is 3.52. The molecule has 20 heavy (non-hydrogen) atoms. The highest BCUT2D eigenvalue weighted by Gasteiger charge is 2.30. The molecular formula is C16H25O3P. The van der Waals surface area contributed by atoms with Crippen molar-refractivity contribution in [1.82, 2.24) is 0 Å². The van der Waals surface area contributed by atoms with Crippen molar-refractivity contribution in [3.8, 4) is 5.75 Å². The number of hydrogen-bond donors (Lipinski definition) is 0. The highest BCUT2D eigenvalue weighted by molar-refractivity contribution is 7.42. The molecule has 2 rings (SSSR count). The summed E-state index contributed by atoms with van der Waals surface area (Å²) < 4.78 is 17.6. The Balaban J connectivity index is 2.21. The van der Waals surface area contributed by atoms with Gasteiger partial charge in [0.2, 0.25) is 0 Å². The third-order valence-corrected chi connectivity index (χ3v) is 4.72. The van der Waals surface area contributed by atoms with Crippen LogP contribution in [0.3, 0.4) is 0 Å². The van der Waals surface area contributed by atoms with Crippen molar-refractivity contribution in [3.05, 3.63) is 29.3 Å². The van der Waals surface area contributed by atoms with Crippen LogP contribution >= 0.6 is 8.60 Å². The topological polar surface area (TPSA) is 27.7 Å². The van der Waals surface area contributed by atoms with E-state index < -0.39 is 8.60 Å². The molecule has 0 saturated carbocycles. The minimum Gasteiger partial charge on any atom is -0.426 e. The first-order chi connectivity index (χ1) is 9.25. The lowest BCUT2D eigenvalue weighted by Crippen LogP contribution is -2.24. The van der Waals surface area contributed by atoms with Gasteiger partial charge in [-0.1, -0.05) is 38.5 Å². The molecule has 2 unspecified atom stereocenters. The number of hydrogen-bond acceptors (Lipinski definition) is 3. The predicted octanol–water partition coefficient (Wildman–Crippen LogP) is 5.11. The summed E-state index contributed by atoms with van der Waals surface area (Å²) in [6, 6.07) is 6.27. The molecular weight excluding hydrogens is 271 g/mol. The average Bonchev–Trinajstić information content (AvgIpc) is 2.28. The zero-order valence-corrected chi connectivity index (χ0v) is 14.2. The molecule has 0 aliphatic carbocycles. The lowest BCUT2D eigenvalue weighted by Gasteiger charge is -2.31. The van der Waals surface area contributed by atoms with Crippen molar-refractivity contribution < 1.29 is 13.6 Å². The van der Waals surface area contributed by atoms with Crippen LogP contribution in [0.4, 0.5) is 0 Å². The summed E-state index contributed by atoms with van der Waals surface area (Å²) in [5.74, 6) is 0.871. The van der Waals surface area contributed by atoms with Gasteiger partial charge in [0.05, 0.1) is 12.2 Å². The maximum Gasteiger partial charge on any atom is 0.397 e. The van der Waals surface area contributed by atoms with E-state index in [4.69, 9.17) is 13.6 Å². The molecule has 2 atom stereocenters. The molecule has 1 aromatic rings. The van der Waals surface area contributed by atoms with Gasteiger partial charge in [-0.15, -0.1) is 0 Å². The molecule has 112 valence electrons. The van der Waals surface area contributed by atoms with Gasteiger partial charge in [0.15, 0.2) is 0 Å². The van der Waals surface area contributed by atoms with Crippen LogP contribution in [0.25, 0.3) is 0 Å². The number of benzene rings is 1. The van der Waals surface area contributed by atoms with Crippen molar-refractivity contribution in [3.63, 3.8) is 0 Å². The van der Waals surface area contributed by atoms with E-state index in [0.29, 0.717) is 0 Å². The molecule has 4 heteroatoms. The summed E-state index contributed by atoms with van der Waals surface area (Å²) in [6.07, 6.45) is 1.30. The third kappa shape index (κ3) is 3.94. The first-order valence-corrected chi connectivity index (χ1v) is 8.28. The Kier molecular flexibility index (Phi) is 4.73. The molecule has 0 spiro atoms. The van der Waals surface area contributed by atoms with Gasteiger partial charge in [-0.3, -0.25) is 9.05 Å². The zero-order chi connectivity index (χ0) is 14.9.